The Morgan fingerprint density at radius 1 is 1.03 bits per heavy atom. The van der Waals surface area contributed by atoms with Gasteiger partial charge in [0.25, 0.3) is 5.91 Å². The Balaban J connectivity index is 1.37. The third-order valence-corrected chi connectivity index (χ3v) is 5.88. The Labute approximate surface area is 208 Å². The number of fused-ring (bicyclic) bond motifs is 1. The molecule has 2 heterocycles. The van der Waals surface area contributed by atoms with E-state index in [1.807, 2.05) is 0 Å². The Bertz CT molecular complexity index is 1180. The number of rotatable bonds is 7. The Hall–Kier alpha value is -4.21. The monoisotopic (exact) mass is 496 g/mol. The highest BCUT2D eigenvalue weighted by Crippen LogP contribution is 2.37. The molecule has 2 aromatic rings. The molecule has 4 rings (SSSR count). The maximum atomic E-state index is 12.9. The molecule has 2 aliphatic heterocycles. The molecule has 0 bridgehead atoms. The quantitative estimate of drug-likeness (QED) is 0.539. The van der Waals surface area contributed by atoms with Gasteiger partial charge in [-0.2, -0.15) is 0 Å². The summed E-state index contributed by atoms with van der Waals surface area (Å²) in [5, 5.41) is 0. The third-order valence-electron chi connectivity index (χ3n) is 5.88. The van der Waals surface area contributed by atoms with E-state index in [0.717, 1.165) is 0 Å². The fourth-order valence-electron chi connectivity index (χ4n) is 4.01. The van der Waals surface area contributed by atoms with Crippen LogP contribution in [0, 0.1) is 0 Å². The Morgan fingerprint density at radius 2 is 1.78 bits per heavy atom. The minimum absolute atomic E-state index is 0.143. The normalized spacial score (nSPS) is 15.9. The van der Waals surface area contributed by atoms with Crippen LogP contribution in [0.25, 0.3) is 6.08 Å². The molecule has 0 atom stereocenters. The van der Waals surface area contributed by atoms with Crippen molar-refractivity contribution >= 4 is 23.9 Å². The van der Waals surface area contributed by atoms with Crippen molar-refractivity contribution in [2.75, 3.05) is 53.6 Å². The van der Waals surface area contributed by atoms with Crippen LogP contribution in [0.4, 0.5) is 4.79 Å². The summed E-state index contributed by atoms with van der Waals surface area (Å²) in [6.45, 7) is 3.53. The van der Waals surface area contributed by atoms with Gasteiger partial charge in [0, 0.05) is 37.8 Å². The van der Waals surface area contributed by atoms with Gasteiger partial charge in [0.1, 0.15) is 11.5 Å². The lowest BCUT2D eigenvalue weighted by Gasteiger charge is -2.33. The maximum Gasteiger partial charge on any atom is 0.409 e. The van der Waals surface area contributed by atoms with Gasteiger partial charge >= 0.3 is 6.09 Å². The molecule has 190 valence electrons. The van der Waals surface area contributed by atoms with Gasteiger partial charge in [-0.25, -0.2) is 4.79 Å². The standard InChI is InChI=1S/C26H28N2O8/c1-4-34-26(31)28-12-10-27(11-13-28)23(29)16-35-18-8-9-19-21(15-18)36-22(24(19)30)14-17-6-5-7-20(32-2)25(17)33-3/h5-9,14-15H,4,10-13,16H2,1-3H3. The summed E-state index contributed by atoms with van der Waals surface area (Å²) in [6.07, 6.45) is 1.23. The van der Waals surface area contributed by atoms with E-state index >= 15 is 0 Å². The lowest BCUT2D eigenvalue weighted by molar-refractivity contribution is -0.134. The molecule has 2 aromatic carbocycles. The van der Waals surface area contributed by atoms with Crippen LogP contribution in [0.2, 0.25) is 0 Å². The zero-order valence-electron chi connectivity index (χ0n) is 20.4. The minimum atomic E-state index is -0.369. The van der Waals surface area contributed by atoms with Crippen LogP contribution in [0.3, 0.4) is 0 Å². The number of carbonyl (C=O) groups excluding carboxylic acids is 3. The van der Waals surface area contributed by atoms with Crippen molar-refractivity contribution in [2.24, 2.45) is 0 Å². The van der Waals surface area contributed by atoms with E-state index in [4.69, 9.17) is 23.7 Å². The molecule has 0 N–H and O–H groups in total. The zero-order chi connectivity index (χ0) is 25.7. The summed E-state index contributed by atoms with van der Waals surface area (Å²) in [4.78, 5) is 40.5. The summed E-state index contributed by atoms with van der Waals surface area (Å²) in [5.41, 5.74) is 1.04. The van der Waals surface area contributed by atoms with E-state index in [1.165, 1.54) is 14.2 Å². The molecule has 2 amide bonds. The lowest BCUT2D eigenvalue weighted by Crippen LogP contribution is -2.51. The van der Waals surface area contributed by atoms with Crippen molar-refractivity contribution in [2.45, 2.75) is 6.92 Å². The maximum absolute atomic E-state index is 12.9. The molecule has 10 heteroatoms. The van der Waals surface area contributed by atoms with Crippen LogP contribution in [0.15, 0.2) is 42.2 Å². The van der Waals surface area contributed by atoms with Gasteiger partial charge in [-0.05, 0) is 31.2 Å². The van der Waals surface area contributed by atoms with Gasteiger partial charge in [0.05, 0.1) is 26.4 Å². The molecule has 1 fully saturated rings. The van der Waals surface area contributed by atoms with Crippen LogP contribution >= 0.6 is 0 Å². The largest absolute Gasteiger partial charge is 0.493 e. The molecule has 10 nitrogen and oxygen atoms in total. The fourth-order valence-corrected chi connectivity index (χ4v) is 4.01. The number of nitrogens with zero attached hydrogens (tertiary/aromatic N) is 2. The van der Waals surface area contributed by atoms with Gasteiger partial charge < -0.3 is 33.5 Å². The van der Waals surface area contributed by atoms with Gasteiger partial charge in [-0.1, -0.05) is 12.1 Å². The molecule has 0 spiro atoms. The number of carbonyl (C=O) groups is 3. The lowest BCUT2D eigenvalue weighted by atomic mass is 10.1. The number of amides is 2. The predicted octanol–water partition coefficient (Wildman–Crippen LogP) is 3.00. The SMILES string of the molecule is CCOC(=O)N1CCN(C(=O)COc2ccc3c(c2)OC(=Cc2cccc(OC)c2OC)C3=O)CC1. The smallest absolute Gasteiger partial charge is 0.409 e. The summed E-state index contributed by atoms with van der Waals surface area (Å²) < 4.78 is 27.2. The highest BCUT2D eigenvalue weighted by atomic mass is 16.6. The van der Waals surface area contributed by atoms with Crippen LogP contribution < -0.4 is 18.9 Å². The second-order valence-electron chi connectivity index (χ2n) is 8.04. The number of hydrogen-bond donors (Lipinski definition) is 0. The Morgan fingerprint density at radius 3 is 2.47 bits per heavy atom. The topological polar surface area (TPSA) is 104 Å². The molecular formula is C26H28N2O8. The first kappa shape index (κ1) is 24.9. The first-order chi connectivity index (χ1) is 17.4. The third kappa shape index (κ3) is 5.22. The highest BCUT2D eigenvalue weighted by molar-refractivity contribution is 6.14. The van der Waals surface area contributed by atoms with Crippen molar-refractivity contribution < 1.29 is 38.1 Å². The first-order valence-corrected chi connectivity index (χ1v) is 11.6. The first-order valence-electron chi connectivity index (χ1n) is 11.6. The number of allylic oxidation sites excluding steroid dienone is 1. The molecule has 0 radical (unpaired) electrons. The molecular weight excluding hydrogens is 468 g/mol. The number of hydrogen-bond acceptors (Lipinski definition) is 8. The van der Waals surface area contributed by atoms with Crippen LogP contribution in [0.1, 0.15) is 22.8 Å². The summed E-state index contributed by atoms with van der Waals surface area (Å²) in [5.74, 6) is 1.47. The number of methoxy groups -OCH3 is 2. The van der Waals surface area contributed by atoms with E-state index < -0.39 is 0 Å². The second-order valence-corrected chi connectivity index (χ2v) is 8.04. The number of benzene rings is 2. The average molecular weight is 497 g/mol. The van der Waals surface area contributed by atoms with E-state index in [0.29, 0.717) is 66.9 Å². The summed E-state index contributed by atoms with van der Waals surface area (Å²) >= 11 is 0. The zero-order valence-corrected chi connectivity index (χ0v) is 20.4. The van der Waals surface area contributed by atoms with Crippen molar-refractivity contribution in [3.8, 4) is 23.0 Å². The summed E-state index contributed by atoms with van der Waals surface area (Å²) in [6, 6.07) is 10.2. The minimum Gasteiger partial charge on any atom is -0.493 e. The number of para-hydroxylation sites is 1. The number of piperazine rings is 1. The molecule has 0 saturated carbocycles. The van der Waals surface area contributed by atoms with Gasteiger partial charge in [-0.3, -0.25) is 9.59 Å². The van der Waals surface area contributed by atoms with Gasteiger partial charge in [-0.15, -0.1) is 0 Å². The number of Topliss-reactive ketones (excluding diaryl/α,β-unsaturated/α-hetero) is 1. The fraction of sp³-hybridized carbons (Fsp3) is 0.346. The van der Waals surface area contributed by atoms with E-state index in [9.17, 15) is 14.4 Å². The molecule has 1 saturated heterocycles. The molecule has 0 unspecified atom stereocenters. The van der Waals surface area contributed by atoms with E-state index in [-0.39, 0.29) is 30.1 Å². The van der Waals surface area contributed by atoms with Gasteiger partial charge in [0.15, 0.2) is 23.9 Å². The molecule has 36 heavy (non-hydrogen) atoms. The Kier molecular flexibility index (Phi) is 7.62. The summed E-state index contributed by atoms with van der Waals surface area (Å²) in [7, 11) is 3.06. The van der Waals surface area contributed by atoms with Crippen molar-refractivity contribution in [3.05, 3.63) is 53.3 Å². The molecule has 0 aliphatic carbocycles. The number of ketones is 1. The van der Waals surface area contributed by atoms with Crippen molar-refractivity contribution in [1.82, 2.24) is 9.80 Å². The molecule has 0 aromatic heterocycles. The van der Waals surface area contributed by atoms with Gasteiger partial charge in [0.2, 0.25) is 5.78 Å². The number of ether oxygens (including phenoxy) is 5. The predicted molar refractivity (Wildman–Crippen MR) is 130 cm³/mol. The average Bonchev–Trinajstić information content (AvgIpc) is 3.21. The second kappa shape index (κ2) is 11.0. The van der Waals surface area contributed by atoms with Crippen LogP contribution in [-0.2, 0) is 9.53 Å². The van der Waals surface area contributed by atoms with Crippen molar-refractivity contribution in [3.63, 3.8) is 0 Å². The van der Waals surface area contributed by atoms with Crippen LogP contribution in [0.5, 0.6) is 23.0 Å². The molecule has 2 aliphatic rings. The van der Waals surface area contributed by atoms with E-state index in [1.54, 1.807) is 59.2 Å². The van der Waals surface area contributed by atoms with Crippen molar-refractivity contribution in [1.29, 1.82) is 0 Å². The van der Waals surface area contributed by atoms with E-state index in [2.05, 4.69) is 0 Å². The van der Waals surface area contributed by atoms with Crippen LogP contribution in [-0.4, -0.2) is 81.2 Å². The highest BCUT2D eigenvalue weighted by Gasteiger charge is 2.29.